The first-order valence-corrected chi connectivity index (χ1v) is 6.01. The zero-order valence-corrected chi connectivity index (χ0v) is 11.0. The number of halogens is 4. The summed E-state index contributed by atoms with van der Waals surface area (Å²) >= 11 is 5.74. The second-order valence-electron chi connectivity index (χ2n) is 4.74. The minimum absolute atomic E-state index is 0.217. The third-order valence-corrected chi connectivity index (χ3v) is 3.03. The van der Waals surface area contributed by atoms with E-state index < -0.39 is 6.36 Å². The lowest BCUT2D eigenvalue weighted by Gasteiger charge is -2.11. The number of rotatable bonds is 3. The van der Waals surface area contributed by atoms with Crippen molar-refractivity contribution in [3.63, 3.8) is 0 Å². The van der Waals surface area contributed by atoms with Crippen molar-refractivity contribution >= 4 is 17.2 Å². The van der Waals surface area contributed by atoms with Gasteiger partial charge in [0, 0.05) is 11.1 Å². The lowest BCUT2D eigenvalue weighted by Crippen LogP contribution is -2.17. The highest BCUT2D eigenvalue weighted by Gasteiger charge is 2.50. The van der Waals surface area contributed by atoms with Crippen LogP contribution in [0.25, 0.3) is 5.57 Å². The van der Waals surface area contributed by atoms with E-state index >= 15 is 0 Å². The third-order valence-electron chi connectivity index (χ3n) is 2.80. The molecule has 1 aromatic carbocycles. The Kier molecular flexibility index (Phi) is 3.53. The zero-order chi connectivity index (χ0) is 14.3. The van der Waals surface area contributed by atoms with Crippen LogP contribution in [0.15, 0.2) is 29.8 Å². The molecule has 1 fully saturated rings. The third kappa shape index (κ3) is 3.42. The largest absolute Gasteiger partial charge is 0.573 e. The average Bonchev–Trinajstić information content (AvgIpc) is 2.86. The first-order chi connectivity index (χ1) is 8.73. The van der Waals surface area contributed by atoms with Gasteiger partial charge in [-0.15, -0.1) is 13.2 Å². The fourth-order valence-electron chi connectivity index (χ4n) is 1.85. The van der Waals surface area contributed by atoms with Crippen molar-refractivity contribution in [3.05, 3.63) is 35.4 Å². The molecule has 104 valence electrons. The Morgan fingerprint density at radius 1 is 1.42 bits per heavy atom. The molecule has 0 aliphatic carbocycles. The van der Waals surface area contributed by atoms with Crippen LogP contribution in [0.1, 0.15) is 19.4 Å². The number of hydrogen-bond acceptors (Lipinski definition) is 2. The van der Waals surface area contributed by atoms with Gasteiger partial charge in [-0.3, -0.25) is 0 Å². The van der Waals surface area contributed by atoms with Crippen LogP contribution in [0.4, 0.5) is 13.2 Å². The molecule has 1 unspecified atom stereocenters. The maximum Gasteiger partial charge on any atom is 0.573 e. The van der Waals surface area contributed by atoms with Crippen LogP contribution >= 0.6 is 11.6 Å². The minimum atomic E-state index is -4.71. The standard InChI is InChI=1S/C13H12ClF3O2/c1-12(2)11(19-12)10(7-14)8-4-3-5-9(6-8)18-13(15,16)17/h3-7,11H,1-2H3. The van der Waals surface area contributed by atoms with Crippen LogP contribution in [-0.4, -0.2) is 18.1 Å². The summed E-state index contributed by atoms with van der Waals surface area (Å²) in [6, 6.07) is 5.67. The number of hydrogen-bond donors (Lipinski definition) is 0. The predicted octanol–water partition coefficient (Wildman–Crippen LogP) is 4.34. The SMILES string of the molecule is CC1(C)OC1C(=CCl)c1cccc(OC(F)(F)F)c1. The Balaban J connectivity index is 2.23. The van der Waals surface area contributed by atoms with Gasteiger partial charge >= 0.3 is 6.36 Å². The summed E-state index contributed by atoms with van der Waals surface area (Å²) in [5, 5.41) is 0. The molecule has 6 heteroatoms. The first-order valence-electron chi connectivity index (χ1n) is 5.57. The van der Waals surface area contributed by atoms with E-state index in [1.807, 2.05) is 13.8 Å². The first kappa shape index (κ1) is 14.2. The van der Waals surface area contributed by atoms with E-state index in [4.69, 9.17) is 16.3 Å². The molecule has 0 N–H and O–H groups in total. The Hall–Kier alpha value is -1.20. The van der Waals surface area contributed by atoms with E-state index in [9.17, 15) is 13.2 Å². The van der Waals surface area contributed by atoms with Crippen molar-refractivity contribution in [2.24, 2.45) is 0 Å². The molecule has 0 bridgehead atoms. The van der Waals surface area contributed by atoms with Crippen LogP contribution in [-0.2, 0) is 4.74 Å². The maximum atomic E-state index is 12.2. The molecule has 2 nitrogen and oxygen atoms in total. The summed E-state index contributed by atoms with van der Waals surface area (Å²) in [5.74, 6) is -0.278. The fraction of sp³-hybridized carbons (Fsp3) is 0.385. The van der Waals surface area contributed by atoms with Gasteiger partial charge in [-0.05, 0) is 31.5 Å². The van der Waals surface area contributed by atoms with E-state index in [2.05, 4.69) is 4.74 Å². The summed E-state index contributed by atoms with van der Waals surface area (Å²) in [6.07, 6.45) is -4.93. The van der Waals surface area contributed by atoms with Gasteiger partial charge in [0.05, 0.1) is 5.60 Å². The van der Waals surface area contributed by atoms with E-state index in [-0.39, 0.29) is 17.5 Å². The molecule has 0 amide bonds. The van der Waals surface area contributed by atoms with E-state index in [1.54, 1.807) is 6.07 Å². The van der Waals surface area contributed by atoms with Crippen LogP contribution in [0.5, 0.6) is 5.75 Å². The van der Waals surface area contributed by atoms with Crippen molar-refractivity contribution in [2.45, 2.75) is 31.9 Å². The van der Waals surface area contributed by atoms with Crippen molar-refractivity contribution in [3.8, 4) is 5.75 Å². The summed E-state index contributed by atoms with van der Waals surface area (Å²) < 4.78 is 45.8. The van der Waals surface area contributed by atoms with Crippen molar-refractivity contribution in [1.82, 2.24) is 0 Å². The number of epoxide rings is 1. The molecular formula is C13H12ClF3O2. The molecule has 1 saturated heterocycles. The maximum absolute atomic E-state index is 12.2. The Morgan fingerprint density at radius 3 is 2.53 bits per heavy atom. The van der Waals surface area contributed by atoms with E-state index in [0.717, 1.165) is 0 Å². The molecule has 2 rings (SSSR count). The summed E-state index contributed by atoms with van der Waals surface area (Å²) in [6.45, 7) is 3.77. The molecule has 19 heavy (non-hydrogen) atoms. The molecule has 1 aliphatic rings. The number of ether oxygens (including phenoxy) is 2. The van der Waals surface area contributed by atoms with Crippen molar-refractivity contribution in [2.75, 3.05) is 0 Å². The van der Waals surface area contributed by atoms with Crippen LogP contribution in [0.2, 0.25) is 0 Å². The monoisotopic (exact) mass is 292 g/mol. The molecule has 0 radical (unpaired) electrons. The second kappa shape index (κ2) is 4.72. The molecule has 1 aromatic rings. The fourth-order valence-corrected chi connectivity index (χ4v) is 2.09. The molecule has 1 atom stereocenters. The highest BCUT2D eigenvalue weighted by Crippen LogP contribution is 2.45. The molecule has 0 spiro atoms. The number of benzene rings is 1. The number of alkyl halides is 3. The van der Waals surface area contributed by atoms with Gasteiger partial charge in [-0.1, -0.05) is 23.7 Å². The van der Waals surface area contributed by atoms with Crippen LogP contribution in [0.3, 0.4) is 0 Å². The van der Waals surface area contributed by atoms with Gasteiger partial charge in [0.25, 0.3) is 0 Å². The zero-order valence-electron chi connectivity index (χ0n) is 10.3. The highest BCUT2D eigenvalue weighted by molar-refractivity contribution is 6.28. The summed E-state index contributed by atoms with van der Waals surface area (Å²) in [5.41, 5.74) is 2.17. The minimum Gasteiger partial charge on any atom is -0.406 e. The highest BCUT2D eigenvalue weighted by atomic mass is 35.5. The molecule has 1 heterocycles. The lowest BCUT2D eigenvalue weighted by molar-refractivity contribution is -0.274. The topological polar surface area (TPSA) is 21.8 Å². The molecular weight excluding hydrogens is 281 g/mol. The van der Waals surface area contributed by atoms with Crippen LogP contribution < -0.4 is 4.74 Å². The van der Waals surface area contributed by atoms with Crippen LogP contribution in [0, 0.1) is 0 Å². The van der Waals surface area contributed by atoms with Gasteiger partial charge in [0.15, 0.2) is 0 Å². The van der Waals surface area contributed by atoms with Crippen molar-refractivity contribution < 1.29 is 22.6 Å². The molecule has 1 aliphatic heterocycles. The van der Waals surface area contributed by atoms with E-state index in [1.165, 1.54) is 23.7 Å². The normalized spacial score (nSPS) is 22.2. The van der Waals surface area contributed by atoms with Gasteiger partial charge in [-0.2, -0.15) is 0 Å². The quantitative estimate of drug-likeness (QED) is 0.773. The van der Waals surface area contributed by atoms with Gasteiger partial charge in [-0.25, -0.2) is 0 Å². The Bertz CT molecular complexity index is 509. The lowest BCUT2D eigenvalue weighted by atomic mass is 9.98. The second-order valence-corrected chi connectivity index (χ2v) is 4.96. The smallest absolute Gasteiger partial charge is 0.406 e. The Labute approximate surface area is 113 Å². The van der Waals surface area contributed by atoms with Gasteiger partial charge in [0.1, 0.15) is 11.9 Å². The average molecular weight is 293 g/mol. The van der Waals surface area contributed by atoms with E-state index in [0.29, 0.717) is 11.1 Å². The Morgan fingerprint density at radius 2 is 2.05 bits per heavy atom. The van der Waals surface area contributed by atoms with Gasteiger partial charge < -0.3 is 9.47 Å². The molecule has 0 saturated carbocycles. The molecule has 0 aromatic heterocycles. The van der Waals surface area contributed by atoms with Gasteiger partial charge in [0.2, 0.25) is 0 Å². The van der Waals surface area contributed by atoms with Crippen molar-refractivity contribution in [1.29, 1.82) is 0 Å². The summed E-state index contributed by atoms with van der Waals surface area (Å²) in [4.78, 5) is 0. The predicted molar refractivity (Wildman–Crippen MR) is 65.9 cm³/mol. The summed E-state index contributed by atoms with van der Waals surface area (Å²) in [7, 11) is 0.